The third-order valence-electron chi connectivity index (χ3n) is 3.84. The van der Waals surface area contributed by atoms with Crippen LogP contribution in [0.3, 0.4) is 0 Å². The van der Waals surface area contributed by atoms with Crippen molar-refractivity contribution in [3.8, 4) is 0 Å². The van der Waals surface area contributed by atoms with E-state index in [-0.39, 0.29) is 5.97 Å². The largest absolute Gasteiger partial charge is 0.469 e. The maximum Gasteiger partial charge on any atom is 0.306 e. The summed E-state index contributed by atoms with van der Waals surface area (Å²) in [6.45, 7) is 4.29. The van der Waals surface area contributed by atoms with Crippen molar-refractivity contribution in [1.29, 1.82) is 0 Å². The Labute approximate surface area is 104 Å². The molecule has 1 N–H and O–H groups in total. The number of likely N-dealkylation sites (tertiary alicyclic amines) is 1. The highest BCUT2D eigenvalue weighted by molar-refractivity contribution is 5.69. The first kappa shape index (κ1) is 12.8. The van der Waals surface area contributed by atoms with E-state index in [0.29, 0.717) is 12.5 Å². The third-order valence-corrected chi connectivity index (χ3v) is 3.84. The van der Waals surface area contributed by atoms with Crippen molar-refractivity contribution in [1.82, 2.24) is 10.2 Å². The Hall–Kier alpha value is -0.610. The van der Waals surface area contributed by atoms with E-state index in [1.54, 1.807) is 0 Å². The summed E-state index contributed by atoms with van der Waals surface area (Å²) in [6, 6.07) is 0.699. The average Bonchev–Trinajstić information content (AvgIpc) is 3.18. The zero-order valence-electron chi connectivity index (χ0n) is 10.8. The standard InChI is InChI=1S/C13H24N2O2/c1-17-13(16)6-9-15-7-4-12(5-8-15)14-10-11-2-3-11/h11-12,14H,2-10H2,1H3. The van der Waals surface area contributed by atoms with E-state index in [1.807, 2.05) is 0 Å². The van der Waals surface area contributed by atoms with E-state index in [4.69, 9.17) is 0 Å². The molecule has 4 heteroatoms. The van der Waals surface area contributed by atoms with Crippen LogP contribution in [0.1, 0.15) is 32.1 Å². The molecule has 1 aliphatic carbocycles. The Bertz CT molecular complexity index is 246. The molecule has 1 heterocycles. The fraction of sp³-hybridized carbons (Fsp3) is 0.923. The number of hydrogen-bond acceptors (Lipinski definition) is 4. The van der Waals surface area contributed by atoms with Gasteiger partial charge in [-0.15, -0.1) is 0 Å². The fourth-order valence-corrected chi connectivity index (χ4v) is 2.37. The van der Waals surface area contributed by atoms with Crippen molar-refractivity contribution < 1.29 is 9.53 Å². The van der Waals surface area contributed by atoms with Gasteiger partial charge in [0.15, 0.2) is 0 Å². The maximum absolute atomic E-state index is 11.0. The number of ether oxygens (including phenoxy) is 1. The van der Waals surface area contributed by atoms with Gasteiger partial charge in [0, 0.05) is 12.6 Å². The van der Waals surface area contributed by atoms with Crippen molar-refractivity contribution in [3.63, 3.8) is 0 Å². The minimum atomic E-state index is -0.0982. The monoisotopic (exact) mass is 240 g/mol. The van der Waals surface area contributed by atoms with Crippen LogP contribution in [0.5, 0.6) is 0 Å². The average molecular weight is 240 g/mol. The molecule has 0 radical (unpaired) electrons. The Morgan fingerprint density at radius 3 is 2.59 bits per heavy atom. The van der Waals surface area contributed by atoms with Gasteiger partial charge in [-0.25, -0.2) is 0 Å². The summed E-state index contributed by atoms with van der Waals surface area (Å²) in [5, 5.41) is 3.66. The van der Waals surface area contributed by atoms with Gasteiger partial charge in [0.2, 0.25) is 0 Å². The lowest BCUT2D eigenvalue weighted by atomic mass is 10.0. The lowest BCUT2D eigenvalue weighted by Crippen LogP contribution is -2.43. The molecule has 0 aromatic carbocycles. The topological polar surface area (TPSA) is 41.6 Å². The molecule has 0 bridgehead atoms. The summed E-state index contributed by atoms with van der Waals surface area (Å²) in [5.41, 5.74) is 0. The molecule has 1 saturated heterocycles. The predicted octanol–water partition coefficient (Wildman–Crippen LogP) is 1.01. The molecule has 0 aromatic rings. The molecule has 0 aromatic heterocycles. The van der Waals surface area contributed by atoms with Crippen LogP contribution in [-0.4, -0.2) is 50.2 Å². The SMILES string of the molecule is COC(=O)CCN1CCC(NCC2CC2)CC1. The number of esters is 1. The highest BCUT2D eigenvalue weighted by atomic mass is 16.5. The Kier molecular flexibility index (Phi) is 4.80. The van der Waals surface area contributed by atoms with Gasteiger partial charge in [0.25, 0.3) is 0 Å². The zero-order valence-corrected chi connectivity index (χ0v) is 10.8. The first-order valence-corrected chi connectivity index (χ1v) is 6.80. The van der Waals surface area contributed by atoms with Gasteiger partial charge in [0.1, 0.15) is 0 Å². The highest BCUT2D eigenvalue weighted by Crippen LogP contribution is 2.28. The number of piperidine rings is 1. The minimum absolute atomic E-state index is 0.0982. The molecule has 0 spiro atoms. The van der Waals surface area contributed by atoms with E-state index >= 15 is 0 Å². The zero-order chi connectivity index (χ0) is 12.1. The molecule has 98 valence electrons. The Balaban J connectivity index is 1.55. The number of rotatable bonds is 6. The summed E-state index contributed by atoms with van der Waals surface area (Å²) >= 11 is 0. The van der Waals surface area contributed by atoms with Gasteiger partial charge in [0.05, 0.1) is 13.5 Å². The van der Waals surface area contributed by atoms with Crippen molar-refractivity contribution in [3.05, 3.63) is 0 Å². The second kappa shape index (κ2) is 6.36. The smallest absolute Gasteiger partial charge is 0.306 e. The van der Waals surface area contributed by atoms with Crippen LogP contribution in [-0.2, 0) is 9.53 Å². The second-order valence-corrected chi connectivity index (χ2v) is 5.29. The van der Waals surface area contributed by atoms with Gasteiger partial charge >= 0.3 is 5.97 Å². The van der Waals surface area contributed by atoms with Gasteiger partial charge in [-0.1, -0.05) is 0 Å². The van der Waals surface area contributed by atoms with E-state index in [0.717, 1.165) is 25.6 Å². The number of carbonyl (C=O) groups excluding carboxylic acids is 1. The van der Waals surface area contributed by atoms with Crippen molar-refractivity contribution >= 4 is 5.97 Å². The summed E-state index contributed by atoms with van der Waals surface area (Å²) in [7, 11) is 1.45. The molecule has 2 aliphatic rings. The normalized spacial score (nSPS) is 22.6. The van der Waals surface area contributed by atoms with Gasteiger partial charge in [-0.2, -0.15) is 0 Å². The van der Waals surface area contributed by atoms with Crippen LogP contribution in [0, 0.1) is 5.92 Å². The lowest BCUT2D eigenvalue weighted by molar-refractivity contribution is -0.141. The molecule has 0 atom stereocenters. The molecule has 2 fully saturated rings. The van der Waals surface area contributed by atoms with E-state index in [1.165, 1.54) is 39.3 Å². The summed E-state index contributed by atoms with van der Waals surface area (Å²) in [5.74, 6) is 0.867. The Morgan fingerprint density at radius 2 is 2.00 bits per heavy atom. The van der Waals surface area contributed by atoms with Gasteiger partial charge in [-0.05, 0) is 51.2 Å². The van der Waals surface area contributed by atoms with Crippen molar-refractivity contribution in [2.75, 3.05) is 33.3 Å². The first-order chi connectivity index (χ1) is 8.28. The van der Waals surface area contributed by atoms with Crippen LogP contribution < -0.4 is 5.32 Å². The maximum atomic E-state index is 11.0. The molecule has 0 amide bonds. The van der Waals surface area contributed by atoms with Crippen LogP contribution in [0.2, 0.25) is 0 Å². The summed E-state index contributed by atoms with van der Waals surface area (Å²) in [6.07, 6.45) is 5.80. The Morgan fingerprint density at radius 1 is 1.29 bits per heavy atom. The predicted molar refractivity (Wildman–Crippen MR) is 66.8 cm³/mol. The molecule has 2 rings (SSSR count). The quantitative estimate of drug-likeness (QED) is 0.704. The van der Waals surface area contributed by atoms with Gasteiger partial charge < -0.3 is 15.0 Å². The summed E-state index contributed by atoms with van der Waals surface area (Å²) < 4.78 is 4.66. The number of nitrogens with zero attached hydrogens (tertiary/aromatic N) is 1. The fourth-order valence-electron chi connectivity index (χ4n) is 2.37. The van der Waals surface area contributed by atoms with E-state index in [2.05, 4.69) is 15.0 Å². The number of methoxy groups -OCH3 is 1. The minimum Gasteiger partial charge on any atom is -0.469 e. The first-order valence-electron chi connectivity index (χ1n) is 6.80. The van der Waals surface area contributed by atoms with Crippen molar-refractivity contribution in [2.24, 2.45) is 5.92 Å². The van der Waals surface area contributed by atoms with Crippen LogP contribution in [0.25, 0.3) is 0 Å². The second-order valence-electron chi connectivity index (χ2n) is 5.29. The number of nitrogens with one attached hydrogen (secondary N) is 1. The molecule has 4 nitrogen and oxygen atoms in total. The van der Waals surface area contributed by atoms with Gasteiger partial charge in [-0.3, -0.25) is 4.79 Å². The molecule has 1 aliphatic heterocycles. The lowest BCUT2D eigenvalue weighted by Gasteiger charge is -2.32. The molecule has 17 heavy (non-hydrogen) atoms. The van der Waals surface area contributed by atoms with Crippen molar-refractivity contribution in [2.45, 2.75) is 38.1 Å². The molecule has 1 saturated carbocycles. The van der Waals surface area contributed by atoms with E-state index < -0.39 is 0 Å². The molecule has 0 unspecified atom stereocenters. The number of hydrogen-bond donors (Lipinski definition) is 1. The molecular formula is C13H24N2O2. The highest BCUT2D eigenvalue weighted by Gasteiger charge is 2.24. The van der Waals surface area contributed by atoms with Crippen LogP contribution in [0.15, 0.2) is 0 Å². The molecular weight excluding hydrogens is 216 g/mol. The van der Waals surface area contributed by atoms with Crippen LogP contribution in [0.4, 0.5) is 0 Å². The van der Waals surface area contributed by atoms with Crippen LogP contribution >= 0.6 is 0 Å². The number of carbonyl (C=O) groups is 1. The summed E-state index contributed by atoms with van der Waals surface area (Å²) in [4.78, 5) is 13.4. The van der Waals surface area contributed by atoms with E-state index in [9.17, 15) is 4.79 Å². The third kappa shape index (κ3) is 4.64.